The first kappa shape index (κ1) is 24.1. The van der Waals surface area contributed by atoms with Crippen LogP contribution < -0.4 is 5.32 Å². The van der Waals surface area contributed by atoms with Gasteiger partial charge in [0, 0.05) is 17.0 Å². The van der Waals surface area contributed by atoms with E-state index >= 15 is 0 Å². The minimum Gasteiger partial charge on any atom is -0.353 e. The number of amides is 1. The number of pyridine rings is 1. The second kappa shape index (κ2) is 10.6. The van der Waals surface area contributed by atoms with E-state index < -0.39 is 0 Å². The largest absolute Gasteiger partial charge is 0.353 e. The van der Waals surface area contributed by atoms with Crippen molar-refractivity contribution in [2.45, 2.75) is 50.1 Å². The Morgan fingerprint density at radius 2 is 1.78 bits per heavy atom. The molecule has 1 N–H and O–H groups in total. The Bertz CT molecular complexity index is 1570. The highest BCUT2D eigenvalue weighted by Gasteiger charge is 2.25. The summed E-state index contributed by atoms with van der Waals surface area (Å²) in [5.41, 5.74) is 7.27. The summed E-state index contributed by atoms with van der Waals surface area (Å²) in [5, 5.41) is 5.17. The van der Waals surface area contributed by atoms with Crippen LogP contribution in [0.2, 0.25) is 0 Å². The number of aromatic nitrogens is 3. The summed E-state index contributed by atoms with van der Waals surface area (Å²) in [5.74, 6) is 0.362. The van der Waals surface area contributed by atoms with E-state index in [1.54, 1.807) is 17.7 Å². The highest BCUT2D eigenvalue weighted by atomic mass is 32.2. The minimum absolute atomic E-state index is 0.0313. The first-order valence-corrected chi connectivity index (χ1v) is 14.6. The molecule has 1 aliphatic rings. The number of hydrogen-bond donors (Lipinski definition) is 1. The molecule has 3 heterocycles. The minimum atomic E-state index is 0.0313. The number of hydrogen-bond acceptors (Lipinski definition) is 6. The van der Waals surface area contributed by atoms with Crippen LogP contribution >= 0.6 is 23.1 Å². The van der Waals surface area contributed by atoms with Crippen LogP contribution in [0, 0.1) is 0 Å². The van der Waals surface area contributed by atoms with E-state index in [1.807, 2.05) is 12.1 Å². The lowest BCUT2D eigenvalue weighted by Gasteiger charge is -2.13. The molecule has 0 fully saturated rings. The van der Waals surface area contributed by atoms with Crippen LogP contribution in [-0.2, 0) is 24.1 Å². The third-order valence-corrected chi connectivity index (χ3v) is 9.14. The van der Waals surface area contributed by atoms with Gasteiger partial charge in [-0.2, -0.15) is 0 Å². The summed E-state index contributed by atoms with van der Waals surface area (Å²) in [7, 11) is 0. The highest BCUT2D eigenvalue weighted by Crippen LogP contribution is 2.43. The van der Waals surface area contributed by atoms with E-state index in [-0.39, 0.29) is 11.9 Å². The van der Waals surface area contributed by atoms with Crippen molar-refractivity contribution in [3.05, 3.63) is 83.7 Å². The zero-order chi connectivity index (χ0) is 25.2. The summed E-state index contributed by atoms with van der Waals surface area (Å²) >= 11 is 3.13. The number of rotatable bonds is 8. The molecule has 2 aromatic carbocycles. The Labute approximate surface area is 224 Å². The van der Waals surface area contributed by atoms with Crippen molar-refractivity contribution in [2.24, 2.45) is 0 Å². The summed E-state index contributed by atoms with van der Waals surface area (Å²) < 4.78 is 1.03. The van der Waals surface area contributed by atoms with Gasteiger partial charge in [0.1, 0.15) is 16.2 Å². The molecule has 0 unspecified atom stereocenters. The fourth-order valence-corrected chi connectivity index (χ4v) is 7.21. The molecule has 3 aromatic heterocycles. The van der Waals surface area contributed by atoms with Crippen molar-refractivity contribution < 1.29 is 4.79 Å². The fourth-order valence-electron chi connectivity index (χ4n) is 5.17. The molecular formula is C30H28N4OS2. The van der Waals surface area contributed by atoms with Crippen LogP contribution in [-0.4, -0.2) is 32.7 Å². The SMILES string of the molecule is C[C@@H](CCc1ccccc1)NC(=O)CSc1ncnc2c1sc1nc(-c3ccccc3)c3c(c12)CCC3. The average molecular weight is 525 g/mol. The number of nitrogens with zero attached hydrogens (tertiary/aromatic N) is 3. The molecule has 5 nitrogen and oxygen atoms in total. The zero-order valence-corrected chi connectivity index (χ0v) is 22.4. The summed E-state index contributed by atoms with van der Waals surface area (Å²) in [6.07, 6.45) is 6.73. The number of thioether (sulfide) groups is 1. The smallest absolute Gasteiger partial charge is 0.230 e. The fraction of sp³-hybridized carbons (Fsp3) is 0.267. The van der Waals surface area contributed by atoms with Crippen molar-refractivity contribution in [2.75, 3.05) is 5.75 Å². The summed E-state index contributed by atoms with van der Waals surface area (Å²) in [4.78, 5) is 28.1. The van der Waals surface area contributed by atoms with Crippen LogP contribution in [0.5, 0.6) is 0 Å². The number of carbonyl (C=O) groups excluding carboxylic acids is 1. The van der Waals surface area contributed by atoms with Gasteiger partial charge in [-0.05, 0) is 55.7 Å². The number of benzene rings is 2. The Morgan fingerprint density at radius 1 is 1.03 bits per heavy atom. The Kier molecular flexibility index (Phi) is 6.89. The molecule has 0 saturated carbocycles. The van der Waals surface area contributed by atoms with Crippen molar-refractivity contribution in [1.29, 1.82) is 0 Å². The van der Waals surface area contributed by atoms with Gasteiger partial charge in [0.15, 0.2) is 0 Å². The molecular weight excluding hydrogens is 496 g/mol. The number of thiophene rings is 1. The normalized spacial score (nSPS) is 13.6. The molecule has 5 aromatic rings. The molecule has 7 heteroatoms. The Balaban J connectivity index is 1.22. The van der Waals surface area contributed by atoms with Crippen LogP contribution in [0.1, 0.15) is 36.5 Å². The molecule has 6 rings (SSSR count). The molecule has 0 spiro atoms. The summed E-state index contributed by atoms with van der Waals surface area (Å²) in [6, 6.07) is 21.0. The standard InChI is InChI=1S/C30H28N4OS2/c1-19(15-16-20-9-4-2-5-10-20)33-24(35)17-36-30-28-27(31-18-32-30)25-22-13-8-14-23(22)26(34-29(25)37-28)21-11-6-3-7-12-21/h2-7,9-12,18-19H,8,13-17H2,1H3,(H,33,35)/t19-/m0/s1. The third kappa shape index (κ3) is 4.98. The first-order valence-electron chi connectivity index (χ1n) is 12.8. The molecule has 1 aliphatic carbocycles. The Morgan fingerprint density at radius 3 is 2.59 bits per heavy atom. The van der Waals surface area contributed by atoms with Gasteiger partial charge >= 0.3 is 0 Å². The number of fused-ring (bicyclic) bond motifs is 5. The van der Waals surface area contributed by atoms with Gasteiger partial charge in [-0.3, -0.25) is 4.79 Å². The van der Waals surface area contributed by atoms with Gasteiger partial charge in [-0.15, -0.1) is 11.3 Å². The maximum Gasteiger partial charge on any atom is 0.230 e. The van der Waals surface area contributed by atoms with E-state index in [0.29, 0.717) is 5.75 Å². The zero-order valence-electron chi connectivity index (χ0n) is 20.7. The summed E-state index contributed by atoms with van der Waals surface area (Å²) in [6.45, 7) is 2.07. The Hall–Kier alpha value is -3.29. The third-order valence-electron chi connectivity index (χ3n) is 6.94. The van der Waals surface area contributed by atoms with Crippen LogP contribution in [0.25, 0.3) is 31.7 Å². The van der Waals surface area contributed by atoms with Gasteiger partial charge in [-0.25, -0.2) is 15.0 Å². The lowest BCUT2D eigenvalue weighted by molar-refractivity contribution is -0.119. The van der Waals surface area contributed by atoms with Gasteiger partial charge < -0.3 is 5.32 Å². The second-order valence-electron chi connectivity index (χ2n) is 9.56. The molecule has 0 radical (unpaired) electrons. The van der Waals surface area contributed by atoms with E-state index in [9.17, 15) is 4.79 Å². The lowest BCUT2D eigenvalue weighted by atomic mass is 10.0. The van der Waals surface area contributed by atoms with Gasteiger partial charge in [0.25, 0.3) is 0 Å². The van der Waals surface area contributed by atoms with E-state index in [2.05, 4.69) is 70.7 Å². The number of carbonyl (C=O) groups is 1. The molecule has 37 heavy (non-hydrogen) atoms. The molecule has 0 bridgehead atoms. The van der Waals surface area contributed by atoms with Crippen molar-refractivity contribution in [3.8, 4) is 11.3 Å². The highest BCUT2D eigenvalue weighted by molar-refractivity contribution is 8.00. The van der Waals surface area contributed by atoms with E-state index in [4.69, 9.17) is 4.98 Å². The quantitative estimate of drug-likeness (QED) is 0.182. The van der Waals surface area contributed by atoms with Crippen molar-refractivity contribution >= 4 is 49.4 Å². The van der Waals surface area contributed by atoms with E-state index in [0.717, 1.165) is 57.9 Å². The maximum atomic E-state index is 12.7. The van der Waals surface area contributed by atoms with Crippen LogP contribution in [0.15, 0.2) is 72.0 Å². The lowest BCUT2D eigenvalue weighted by Crippen LogP contribution is -2.34. The molecule has 1 atom stereocenters. The predicted octanol–water partition coefficient (Wildman–Crippen LogP) is 6.62. The maximum absolute atomic E-state index is 12.7. The molecule has 186 valence electrons. The first-order chi connectivity index (χ1) is 18.2. The molecule has 1 amide bonds. The monoisotopic (exact) mass is 524 g/mol. The second-order valence-corrected chi connectivity index (χ2v) is 11.5. The van der Waals surface area contributed by atoms with Crippen LogP contribution in [0.3, 0.4) is 0 Å². The van der Waals surface area contributed by atoms with Crippen LogP contribution in [0.4, 0.5) is 0 Å². The van der Waals surface area contributed by atoms with Crippen molar-refractivity contribution in [1.82, 2.24) is 20.3 Å². The molecule has 0 aliphatic heterocycles. The average Bonchev–Trinajstić information content (AvgIpc) is 3.56. The van der Waals surface area contributed by atoms with Gasteiger partial charge in [0.2, 0.25) is 5.91 Å². The van der Waals surface area contributed by atoms with Crippen molar-refractivity contribution in [3.63, 3.8) is 0 Å². The van der Waals surface area contributed by atoms with Gasteiger partial charge in [-0.1, -0.05) is 72.4 Å². The van der Waals surface area contributed by atoms with Gasteiger partial charge in [0.05, 0.1) is 21.7 Å². The predicted molar refractivity (Wildman–Crippen MR) is 153 cm³/mol. The number of aryl methyl sites for hydroxylation is 2. The number of nitrogens with one attached hydrogen (secondary N) is 1. The molecule has 0 saturated heterocycles. The topological polar surface area (TPSA) is 67.8 Å². The van der Waals surface area contributed by atoms with E-state index in [1.165, 1.54) is 39.4 Å².